The van der Waals surface area contributed by atoms with Crippen LogP contribution >= 0.6 is 27.5 Å². The minimum absolute atomic E-state index is 0.589. The Labute approximate surface area is 353 Å². The van der Waals surface area contributed by atoms with Crippen molar-refractivity contribution in [2.45, 2.75) is 5.41 Å². The van der Waals surface area contributed by atoms with E-state index in [4.69, 9.17) is 11.6 Å². The van der Waals surface area contributed by atoms with Crippen LogP contribution in [-0.2, 0) is 5.41 Å². The summed E-state index contributed by atoms with van der Waals surface area (Å²) in [7, 11) is 0. The number of anilines is 3. The molecule has 0 heterocycles. The van der Waals surface area contributed by atoms with Gasteiger partial charge in [0.05, 0.1) is 11.1 Å². The minimum Gasteiger partial charge on any atom is -0.309 e. The molecule has 3 heteroatoms. The molecule has 0 radical (unpaired) electrons. The van der Waals surface area contributed by atoms with E-state index in [1.807, 2.05) is 12.1 Å². The lowest BCUT2D eigenvalue weighted by molar-refractivity contribution is 0.767. The summed E-state index contributed by atoms with van der Waals surface area (Å²) in [5.41, 5.74) is 16.6. The third-order valence-corrected chi connectivity index (χ3v) is 12.1. The molecule has 0 saturated carbocycles. The van der Waals surface area contributed by atoms with Crippen LogP contribution in [0.5, 0.6) is 0 Å². The molecule has 0 saturated heterocycles. The van der Waals surface area contributed by atoms with E-state index < -0.39 is 5.41 Å². The predicted octanol–water partition coefficient (Wildman–Crippen LogP) is 15.9. The Hall–Kier alpha value is -6.45. The summed E-state index contributed by atoms with van der Waals surface area (Å²) in [6.45, 7) is 0. The van der Waals surface area contributed by atoms with Crippen LogP contribution < -0.4 is 4.90 Å². The highest BCUT2D eigenvalue weighted by Crippen LogP contribution is 2.57. The first kappa shape index (κ1) is 35.9. The number of rotatable bonds is 8. The molecule has 1 aliphatic rings. The van der Waals surface area contributed by atoms with Gasteiger partial charge >= 0.3 is 0 Å². The molecule has 10 rings (SSSR count). The molecule has 0 N–H and O–H groups in total. The van der Waals surface area contributed by atoms with E-state index in [0.717, 1.165) is 60.5 Å². The molecule has 0 unspecified atom stereocenters. The van der Waals surface area contributed by atoms with Crippen LogP contribution in [0.4, 0.5) is 17.1 Å². The summed E-state index contributed by atoms with van der Waals surface area (Å²) in [4.78, 5) is 2.41. The van der Waals surface area contributed by atoms with E-state index in [9.17, 15) is 0 Å². The minimum atomic E-state index is -0.589. The van der Waals surface area contributed by atoms with Gasteiger partial charge < -0.3 is 4.90 Å². The van der Waals surface area contributed by atoms with E-state index in [1.54, 1.807) is 0 Å². The van der Waals surface area contributed by atoms with Gasteiger partial charge in [0.1, 0.15) is 0 Å². The third-order valence-electron chi connectivity index (χ3n) is 11.4. The molecule has 9 aromatic carbocycles. The normalized spacial score (nSPS) is 12.4. The van der Waals surface area contributed by atoms with Crippen molar-refractivity contribution in [1.82, 2.24) is 0 Å². The number of benzene rings is 9. The number of hydrogen-bond donors (Lipinski definition) is 0. The van der Waals surface area contributed by atoms with Crippen molar-refractivity contribution in [1.29, 1.82) is 0 Å². The topological polar surface area (TPSA) is 3.24 Å². The lowest BCUT2D eigenvalue weighted by Gasteiger charge is -2.36. The van der Waals surface area contributed by atoms with Gasteiger partial charge in [0.2, 0.25) is 0 Å². The van der Waals surface area contributed by atoms with E-state index in [-0.39, 0.29) is 0 Å². The van der Waals surface area contributed by atoms with Crippen molar-refractivity contribution in [2.75, 3.05) is 4.90 Å². The first-order chi connectivity index (χ1) is 28.6. The summed E-state index contributed by atoms with van der Waals surface area (Å²) in [6, 6.07) is 80.8. The fourth-order valence-electron chi connectivity index (χ4n) is 9.00. The Morgan fingerprint density at radius 3 is 1.41 bits per heavy atom. The van der Waals surface area contributed by atoms with Gasteiger partial charge in [0, 0.05) is 32.0 Å². The summed E-state index contributed by atoms with van der Waals surface area (Å²) >= 11 is 11.0. The molecule has 0 amide bonds. The quantitative estimate of drug-likeness (QED) is 0.147. The molecule has 0 atom stereocenters. The summed E-state index contributed by atoms with van der Waals surface area (Å²) in [5.74, 6) is 0. The monoisotopic (exact) mass is 825 g/mol. The lowest BCUT2D eigenvalue weighted by atomic mass is 9.67. The second kappa shape index (κ2) is 15.1. The van der Waals surface area contributed by atoms with Crippen molar-refractivity contribution in [3.63, 3.8) is 0 Å². The largest absolute Gasteiger partial charge is 0.309 e. The van der Waals surface area contributed by atoms with Crippen molar-refractivity contribution >= 4 is 44.6 Å². The Morgan fingerprint density at radius 1 is 0.362 bits per heavy atom. The highest BCUT2D eigenvalue weighted by atomic mass is 79.9. The Balaban J connectivity index is 1.32. The molecule has 0 aromatic heterocycles. The molecule has 0 spiro atoms. The Bertz CT molecular complexity index is 2800. The molecule has 0 bridgehead atoms. The molecule has 1 aliphatic carbocycles. The molecule has 1 nitrogen and oxygen atoms in total. The fourth-order valence-corrected chi connectivity index (χ4v) is 9.67. The summed E-state index contributed by atoms with van der Waals surface area (Å²) in [6.07, 6.45) is 0. The van der Waals surface area contributed by atoms with Crippen LogP contribution in [0.1, 0.15) is 22.3 Å². The molecule has 0 aliphatic heterocycles. The zero-order valence-corrected chi connectivity index (χ0v) is 33.9. The average Bonchev–Trinajstić information content (AvgIpc) is 3.59. The van der Waals surface area contributed by atoms with Gasteiger partial charge in [-0.15, -0.1) is 0 Å². The van der Waals surface area contributed by atoms with Crippen molar-refractivity contribution in [3.05, 3.63) is 256 Å². The standard InChI is InChI=1S/C55H37BrClN/c56-44-34-43(55(42-24-11-4-12-25-42)52-30-15-13-28-48(52)49-29-14-16-31-53(49)55)35-47(36-44)58(46-27-17-26-45(57)37-46)54-50(39-20-7-2-8-21-39)32-41(38-18-5-1-6-19-38)33-51(54)40-22-9-3-10-23-40/h1-37H. The lowest BCUT2D eigenvalue weighted by Crippen LogP contribution is -2.29. The van der Waals surface area contributed by atoms with Crippen LogP contribution in [0.3, 0.4) is 0 Å². The highest BCUT2D eigenvalue weighted by molar-refractivity contribution is 9.10. The van der Waals surface area contributed by atoms with Crippen LogP contribution in [0, 0.1) is 0 Å². The van der Waals surface area contributed by atoms with Crippen LogP contribution in [0.15, 0.2) is 229 Å². The van der Waals surface area contributed by atoms with Gasteiger partial charge in [-0.05, 0) is 104 Å². The number of fused-ring (bicyclic) bond motifs is 3. The van der Waals surface area contributed by atoms with Gasteiger partial charge in [-0.3, -0.25) is 0 Å². The van der Waals surface area contributed by atoms with Crippen molar-refractivity contribution < 1.29 is 0 Å². The van der Waals surface area contributed by atoms with E-state index >= 15 is 0 Å². The maximum atomic E-state index is 6.93. The first-order valence-electron chi connectivity index (χ1n) is 19.6. The Morgan fingerprint density at radius 2 is 0.862 bits per heavy atom. The van der Waals surface area contributed by atoms with Gasteiger partial charge in [0.25, 0.3) is 0 Å². The first-order valence-corrected chi connectivity index (χ1v) is 20.7. The Kier molecular flexibility index (Phi) is 9.38. The molecular formula is C55H37BrClN. The number of nitrogens with zero attached hydrogens (tertiary/aromatic N) is 1. The SMILES string of the molecule is Clc1cccc(N(c2cc(Br)cc(C3(c4ccccc4)c4ccccc4-c4ccccc43)c2)c2c(-c3ccccc3)cc(-c3ccccc3)cc2-c2ccccc2)c1. The van der Waals surface area contributed by atoms with E-state index in [0.29, 0.717) is 5.02 Å². The molecule has 58 heavy (non-hydrogen) atoms. The van der Waals surface area contributed by atoms with Crippen LogP contribution in [0.2, 0.25) is 5.02 Å². The third kappa shape index (κ3) is 6.17. The molecule has 9 aromatic rings. The second-order valence-electron chi connectivity index (χ2n) is 14.7. The van der Waals surface area contributed by atoms with E-state index in [1.165, 1.54) is 27.8 Å². The maximum Gasteiger partial charge on any atom is 0.0714 e. The smallest absolute Gasteiger partial charge is 0.0714 e. The van der Waals surface area contributed by atoms with Crippen LogP contribution in [-0.4, -0.2) is 0 Å². The number of halogens is 2. The van der Waals surface area contributed by atoms with Gasteiger partial charge in [-0.2, -0.15) is 0 Å². The predicted molar refractivity (Wildman–Crippen MR) is 247 cm³/mol. The van der Waals surface area contributed by atoms with Gasteiger partial charge in [0.15, 0.2) is 0 Å². The second-order valence-corrected chi connectivity index (χ2v) is 16.1. The van der Waals surface area contributed by atoms with Crippen molar-refractivity contribution in [3.8, 4) is 44.5 Å². The number of hydrogen-bond acceptors (Lipinski definition) is 1. The zero-order chi connectivity index (χ0) is 39.1. The fraction of sp³-hybridized carbons (Fsp3) is 0.0182. The van der Waals surface area contributed by atoms with Gasteiger partial charge in [-0.25, -0.2) is 0 Å². The maximum absolute atomic E-state index is 6.93. The average molecular weight is 827 g/mol. The zero-order valence-electron chi connectivity index (χ0n) is 31.6. The summed E-state index contributed by atoms with van der Waals surface area (Å²) < 4.78 is 0.979. The van der Waals surface area contributed by atoms with Crippen molar-refractivity contribution in [2.24, 2.45) is 0 Å². The molecule has 0 fully saturated rings. The highest BCUT2D eigenvalue weighted by Gasteiger charge is 2.46. The van der Waals surface area contributed by atoms with Crippen LogP contribution in [0.25, 0.3) is 44.5 Å². The molecule has 276 valence electrons. The molecular weight excluding hydrogens is 790 g/mol. The van der Waals surface area contributed by atoms with E-state index in [2.05, 4.69) is 233 Å². The van der Waals surface area contributed by atoms with Gasteiger partial charge in [-0.1, -0.05) is 203 Å². The summed E-state index contributed by atoms with van der Waals surface area (Å²) in [5, 5.41) is 0.667.